The number of H-pyrrole nitrogens is 1. The number of aromatic nitrogens is 1. The van der Waals surface area contributed by atoms with Crippen LogP contribution in [0.5, 0.6) is 0 Å². The SMILES string of the molecule is Cc1cccc(C(=O)N[C@H]2C[C@H]3C(=O)N[C@@H](Cc4c[nH]c5ccccc45)C(=O)N3C2)c1. The van der Waals surface area contributed by atoms with Gasteiger partial charge in [-0.3, -0.25) is 14.4 Å². The van der Waals surface area contributed by atoms with E-state index in [2.05, 4.69) is 15.6 Å². The molecule has 0 unspecified atom stereocenters. The van der Waals surface area contributed by atoms with E-state index in [1.807, 2.05) is 55.6 Å². The predicted octanol–water partition coefficient (Wildman–Crippen LogP) is 1.92. The van der Waals surface area contributed by atoms with E-state index in [0.29, 0.717) is 24.9 Å². The summed E-state index contributed by atoms with van der Waals surface area (Å²) in [4.78, 5) is 43.3. The van der Waals surface area contributed by atoms with E-state index < -0.39 is 12.1 Å². The molecule has 31 heavy (non-hydrogen) atoms. The quantitative estimate of drug-likeness (QED) is 0.607. The van der Waals surface area contributed by atoms with Crippen molar-refractivity contribution < 1.29 is 14.4 Å². The summed E-state index contributed by atoms with van der Waals surface area (Å²) in [6.45, 7) is 2.28. The lowest BCUT2D eigenvalue weighted by atomic mass is 10.0. The Hall–Kier alpha value is -3.61. The second-order valence-electron chi connectivity index (χ2n) is 8.41. The number of nitrogens with zero attached hydrogens (tertiary/aromatic N) is 1. The maximum absolute atomic E-state index is 13.1. The van der Waals surface area contributed by atoms with Crippen molar-refractivity contribution in [2.45, 2.75) is 37.9 Å². The van der Waals surface area contributed by atoms with Crippen molar-refractivity contribution in [2.24, 2.45) is 0 Å². The Morgan fingerprint density at radius 1 is 1.16 bits per heavy atom. The molecule has 0 spiro atoms. The van der Waals surface area contributed by atoms with Gasteiger partial charge in [0.2, 0.25) is 11.8 Å². The maximum Gasteiger partial charge on any atom is 0.251 e. The molecule has 1 aromatic heterocycles. The van der Waals surface area contributed by atoms with E-state index >= 15 is 0 Å². The van der Waals surface area contributed by atoms with Crippen LogP contribution in [0.3, 0.4) is 0 Å². The number of aromatic amines is 1. The third kappa shape index (κ3) is 3.56. The molecule has 3 amide bonds. The number of carbonyl (C=O) groups is 3. The number of rotatable bonds is 4. The van der Waals surface area contributed by atoms with Gasteiger partial charge in [-0.2, -0.15) is 0 Å². The number of hydrogen-bond donors (Lipinski definition) is 3. The van der Waals surface area contributed by atoms with Gasteiger partial charge >= 0.3 is 0 Å². The van der Waals surface area contributed by atoms with Crippen molar-refractivity contribution in [1.82, 2.24) is 20.5 Å². The number of piperazine rings is 1. The molecule has 2 aromatic carbocycles. The van der Waals surface area contributed by atoms with Gasteiger partial charge in [0.25, 0.3) is 5.91 Å². The molecule has 0 aliphatic carbocycles. The molecule has 7 heteroatoms. The van der Waals surface area contributed by atoms with Crippen LogP contribution in [-0.2, 0) is 16.0 Å². The van der Waals surface area contributed by atoms with E-state index in [1.54, 1.807) is 11.0 Å². The van der Waals surface area contributed by atoms with Gasteiger partial charge in [-0.05, 0) is 37.1 Å². The topological polar surface area (TPSA) is 94.3 Å². The van der Waals surface area contributed by atoms with Crippen LogP contribution in [0.4, 0.5) is 0 Å². The molecule has 2 aliphatic heterocycles. The molecule has 0 bridgehead atoms. The Bertz CT molecular complexity index is 1180. The normalized spacial score (nSPS) is 23.0. The average Bonchev–Trinajstić information content (AvgIpc) is 3.37. The van der Waals surface area contributed by atoms with Gasteiger partial charge < -0.3 is 20.5 Å². The van der Waals surface area contributed by atoms with Gasteiger partial charge in [0.1, 0.15) is 12.1 Å². The molecule has 7 nitrogen and oxygen atoms in total. The number of hydrogen-bond acceptors (Lipinski definition) is 3. The highest BCUT2D eigenvalue weighted by atomic mass is 16.2. The molecular weight excluding hydrogens is 392 g/mol. The summed E-state index contributed by atoms with van der Waals surface area (Å²) in [7, 11) is 0. The largest absolute Gasteiger partial charge is 0.361 e. The summed E-state index contributed by atoms with van der Waals surface area (Å²) in [5.41, 5.74) is 3.59. The van der Waals surface area contributed by atoms with E-state index in [4.69, 9.17) is 0 Å². The third-order valence-corrected chi connectivity index (χ3v) is 6.22. The van der Waals surface area contributed by atoms with Crippen molar-refractivity contribution in [3.05, 3.63) is 71.4 Å². The number of aryl methyl sites for hydroxylation is 1. The van der Waals surface area contributed by atoms with Gasteiger partial charge in [0.15, 0.2) is 0 Å². The summed E-state index contributed by atoms with van der Waals surface area (Å²) in [5, 5.41) is 6.94. The zero-order chi connectivity index (χ0) is 21.5. The van der Waals surface area contributed by atoms with Crippen LogP contribution < -0.4 is 10.6 Å². The molecule has 2 saturated heterocycles. The molecule has 0 radical (unpaired) electrons. The zero-order valence-electron chi connectivity index (χ0n) is 17.2. The van der Waals surface area contributed by atoms with Crippen LogP contribution >= 0.6 is 0 Å². The molecule has 0 saturated carbocycles. The van der Waals surface area contributed by atoms with Crippen LogP contribution in [0, 0.1) is 6.92 Å². The van der Waals surface area contributed by atoms with E-state index in [1.165, 1.54) is 0 Å². The van der Waals surface area contributed by atoms with Gasteiger partial charge in [-0.15, -0.1) is 0 Å². The van der Waals surface area contributed by atoms with Crippen molar-refractivity contribution >= 4 is 28.6 Å². The molecule has 2 fully saturated rings. The van der Waals surface area contributed by atoms with Crippen LogP contribution in [0.2, 0.25) is 0 Å². The Morgan fingerprint density at radius 3 is 2.84 bits per heavy atom. The van der Waals surface area contributed by atoms with Gasteiger partial charge in [0.05, 0.1) is 0 Å². The fraction of sp³-hybridized carbons (Fsp3) is 0.292. The Balaban J connectivity index is 1.29. The molecule has 3 N–H and O–H groups in total. The molecule has 158 valence electrons. The first kappa shape index (κ1) is 19.4. The monoisotopic (exact) mass is 416 g/mol. The van der Waals surface area contributed by atoms with Gasteiger partial charge in [-0.25, -0.2) is 0 Å². The Labute approximate surface area is 179 Å². The van der Waals surface area contributed by atoms with Crippen LogP contribution in [0.1, 0.15) is 27.9 Å². The summed E-state index contributed by atoms with van der Waals surface area (Å²) >= 11 is 0. The minimum Gasteiger partial charge on any atom is -0.361 e. The standard InChI is InChI=1S/C24H24N4O3/c1-14-5-4-6-15(9-14)22(29)26-17-11-21-23(30)27-20(24(31)28(21)13-17)10-16-12-25-19-8-3-2-7-18(16)19/h2-9,12,17,20-21,25H,10-11,13H2,1H3,(H,26,29)(H,27,30)/t17-,20-,21-/m0/s1. The number of benzene rings is 2. The first-order valence-corrected chi connectivity index (χ1v) is 10.5. The number of nitrogens with one attached hydrogen (secondary N) is 3. The fourth-order valence-corrected chi connectivity index (χ4v) is 4.68. The number of para-hydroxylation sites is 1. The minimum atomic E-state index is -0.603. The van der Waals surface area contributed by atoms with Gasteiger partial charge in [0, 0.05) is 41.7 Å². The molecule has 3 aromatic rings. The number of fused-ring (bicyclic) bond motifs is 2. The van der Waals surface area contributed by atoms with E-state index in [9.17, 15) is 14.4 Å². The highest BCUT2D eigenvalue weighted by Gasteiger charge is 2.46. The fourth-order valence-electron chi connectivity index (χ4n) is 4.68. The van der Waals surface area contributed by atoms with Gasteiger partial charge in [-0.1, -0.05) is 35.9 Å². The Morgan fingerprint density at radius 2 is 2.00 bits per heavy atom. The van der Waals surface area contributed by atoms with Crippen molar-refractivity contribution in [2.75, 3.05) is 6.54 Å². The van der Waals surface area contributed by atoms with E-state index in [0.717, 1.165) is 22.0 Å². The molecule has 2 aliphatic rings. The zero-order valence-corrected chi connectivity index (χ0v) is 17.2. The lowest BCUT2D eigenvalue weighted by molar-refractivity contribution is -0.146. The van der Waals surface area contributed by atoms with Crippen LogP contribution in [0.25, 0.3) is 10.9 Å². The second kappa shape index (κ2) is 7.58. The highest BCUT2D eigenvalue weighted by molar-refractivity contribution is 5.99. The molecule has 3 heterocycles. The van der Waals surface area contributed by atoms with Crippen LogP contribution in [-0.4, -0.2) is 52.3 Å². The van der Waals surface area contributed by atoms with Crippen molar-refractivity contribution in [3.63, 3.8) is 0 Å². The third-order valence-electron chi connectivity index (χ3n) is 6.22. The summed E-state index contributed by atoms with van der Waals surface area (Å²) < 4.78 is 0. The number of carbonyl (C=O) groups excluding carboxylic acids is 3. The first-order chi connectivity index (χ1) is 15.0. The number of amides is 3. The highest BCUT2D eigenvalue weighted by Crippen LogP contribution is 2.26. The van der Waals surface area contributed by atoms with Crippen molar-refractivity contribution in [1.29, 1.82) is 0 Å². The lowest BCUT2D eigenvalue weighted by Crippen LogP contribution is -2.61. The summed E-state index contributed by atoms with van der Waals surface area (Å²) in [5.74, 6) is -0.435. The first-order valence-electron chi connectivity index (χ1n) is 10.5. The molecule has 5 rings (SSSR count). The minimum absolute atomic E-state index is 0.0952. The Kier molecular flexibility index (Phi) is 4.73. The summed E-state index contributed by atoms with van der Waals surface area (Å²) in [6, 6.07) is 13.9. The maximum atomic E-state index is 13.1. The predicted molar refractivity (Wildman–Crippen MR) is 116 cm³/mol. The smallest absolute Gasteiger partial charge is 0.251 e. The molecule has 3 atom stereocenters. The van der Waals surface area contributed by atoms with Crippen molar-refractivity contribution in [3.8, 4) is 0 Å². The average molecular weight is 416 g/mol. The second-order valence-corrected chi connectivity index (χ2v) is 8.41. The van der Waals surface area contributed by atoms with Crippen LogP contribution in [0.15, 0.2) is 54.7 Å². The summed E-state index contributed by atoms with van der Waals surface area (Å²) in [6.07, 6.45) is 2.75. The molecular formula is C24H24N4O3. The lowest BCUT2D eigenvalue weighted by Gasteiger charge is -2.34. The van der Waals surface area contributed by atoms with E-state index in [-0.39, 0.29) is 23.8 Å².